The Morgan fingerprint density at radius 3 is 1.31 bits per heavy atom. The maximum absolute atomic E-state index is 15.5. The van der Waals surface area contributed by atoms with Crippen LogP contribution in [0.15, 0.2) is 121 Å². The van der Waals surface area contributed by atoms with Crippen LogP contribution in [0.5, 0.6) is 0 Å². The minimum atomic E-state index is -1.53. The minimum Gasteiger partial charge on any atom is -0.465 e. The number of amides is 6. The van der Waals surface area contributed by atoms with Gasteiger partial charge in [0.2, 0.25) is 29.5 Å². The molecule has 3 fully saturated rings. The summed E-state index contributed by atoms with van der Waals surface area (Å²) in [5.74, 6) is -3.28. The van der Waals surface area contributed by atoms with Gasteiger partial charge in [-0.2, -0.15) is 0 Å². The smallest absolute Gasteiger partial charge is 0.404 e. The van der Waals surface area contributed by atoms with Gasteiger partial charge in [0.15, 0.2) is 0 Å². The van der Waals surface area contributed by atoms with Crippen molar-refractivity contribution in [2.24, 2.45) is 23.5 Å². The number of carboxylic acid groups (broad SMARTS) is 1. The van der Waals surface area contributed by atoms with Crippen LogP contribution < -0.4 is 32.3 Å². The molecule has 606 valence electrons. The lowest BCUT2D eigenvalue weighted by molar-refractivity contribution is -0.137. The fourth-order valence-corrected chi connectivity index (χ4v) is 16.1. The highest BCUT2D eigenvalue weighted by molar-refractivity contribution is 5.79. The van der Waals surface area contributed by atoms with Crippen molar-refractivity contribution >= 4 is 35.6 Å². The van der Waals surface area contributed by atoms with Gasteiger partial charge < -0.3 is 72.5 Å². The number of rotatable bonds is 34. The van der Waals surface area contributed by atoms with Crippen LogP contribution in [0.4, 0.5) is 22.4 Å². The average molecular weight is 1540 g/mol. The molecule has 0 radical (unpaired) electrons. The summed E-state index contributed by atoms with van der Waals surface area (Å²) in [5.41, 5.74) is 7.78. The number of halogens is 4. The number of nitrogens with one attached hydrogen (secondary N) is 5. The van der Waals surface area contributed by atoms with E-state index in [1.807, 2.05) is 94.4 Å². The molecule has 7 unspecified atom stereocenters. The van der Waals surface area contributed by atoms with Crippen LogP contribution in [0.25, 0.3) is 33.4 Å². The van der Waals surface area contributed by atoms with E-state index in [0.29, 0.717) is 156 Å². The van der Waals surface area contributed by atoms with Crippen LogP contribution in [0.2, 0.25) is 0 Å². The number of aliphatic hydroxyl groups is 4. The number of carbonyl (C=O) groups excluding carboxylic acids is 5. The van der Waals surface area contributed by atoms with Gasteiger partial charge in [-0.15, -0.1) is 0 Å². The fourth-order valence-electron chi connectivity index (χ4n) is 16.1. The lowest BCUT2D eigenvalue weighted by Gasteiger charge is -2.44. The summed E-state index contributed by atoms with van der Waals surface area (Å²) >= 11 is 0. The highest BCUT2D eigenvalue weighted by atomic mass is 19.1. The normalized spacial score (nSPS) is 17.6. The molecule has 6 aromatic carbocycles. The maximum atomic E-state index is 15.5. The summed E-state index contributed by atoms with van der Waals surface area (Å²) < 4.78 is 61.3. The predicted octanol–water partition coefficient (Wildman–Crippen LogP) is 12.1. The summed E-state index contributed by atoms with van der Waals surface area (Å²) in [6, 6.07) is 33.4. The molecule has 6 aromatic rings. The zero-order valence-corrected chi connectivity index (χ0v) is 65.9. The Labute approximate surface area is 652 Å². The van der Waals surface area contributed by atoms with Crippen LogP contribution >= 0.6 is 0 Å². The van der Waals surface area contributed by atoms with Gasteiger partial charge >= 0.3 is 6.09 Å². The molecule has 24 heteroatoms. The Kier molecular flexibility index (Phi) is 35.5. The van der Waals surface area contributed by atoms with Crippen molar-refractivity contribution in [2.45, 2.75) is 179 Å². The van der Waals surface area contributed by atoms with Crippen LogP contribution in [0, 0.1) is 54.9 Å². The third-order valence-electron chi connectivity index (χ3n) is 21.9. The summed E-state index contributed by atoms with van der Waals surface area (Å²) in [6.45, 7) is 13.8. The number of hydrogen-bond donors (Lipinski definition) is 11. The van der Waals surface area contributed by atoms with Crippen molar-refractivity contribution in [2.75, 3.05) is 92.7 Å². The number of carbonyl (C=O) groups is 6. The van der Waals surface area contributed by atoms with Crippen molar-refractivity contribution < 1.29 is 71.9 Å². The molecule has 111 heavy (non-hydrogen) atoms. The lowest BCUT2D eigenvalue weighted by Crippen LogP contribution is -2.48. The van der Waals surface area contributed by atoms with Crippen molar-refractivity contribution in [3.63, 3.8) is 0 Å². The number of hydrogen-bond acceptors (Lipinski definition) is 13. The molecule has 7 atom stereocenters. The molecule has 0 bridgehead atoms. The SMILES string of the molecule is CCc1cccc(-c2c(F)cccc2C(O)(CCCNC(=O)O)C2CCCN(C(=O)CCC(N)CO)C2)c1.CNCCCC(=O)N1CCCC(C(O)(CCCNC(C)=O)c2cccc(F)c2-c2cc(C)ccc2F)C1.CNCCCC(=O)N1CCCC(C(O)(CCCNC(C)=O)c2cccc(F)c2-c2cccc(C)c2)C1. The Bertz CT molecular complexity index is 4040. The number of nitrogens with zero attached hydrogens (tertiary/aromatic N) is 3. The van der Waals surface area contributed by atoms with Gasteiger partial charge in [-0.1, -0.05) is 109 Å². The topological polar surface area (TPSA) is 299 Å². The average Bonchev–Trinajstić information content (AvgIpc) is 0.765. The maximum Gasteiger partial charge on any atom is 0.404 e. The molecule has 3 heterocycles. The van der Waals surface area contributed by atoms with Crippen LogP contribution in [0.1, 0.15) is 170 Å². The number of benzene rings is 6. The van der Waals surface area contributed by atoms with Gasteiger partial charge in [-0.25, -0.2) is 22.4 Å². The largest absolute Gasteiger partial charge is 0.465 e. The molecule has 9 rings (SSSR count). The first kappa shape index (κ1) is 89.6. The fraction of sp³-hybridized carbons (Fsp3) is 0.517. The lowest BCUT2D eigenvalue weighted by atomic mass is 9.72. The van der Waals surface area contributed by atoms with Gasteiger partial charge in [-0.05, 0) is 207 Å². The van der Waals surface area contributed by atoms with E-state index in [1.54, 1.807) is 46.2 Å². The van der Waals surface area contributed by atoms with Gasteiger partial charge in [0.1, 0.15) is 23.3 Å². The van der Waals surface area contributed by atoms with Crippen LogP contribution in [-0.4, -0.2) is 175 Å². The Morgan fingerprint density at radius 2 is 0.892 bits per heavy atom. The third-order valence-corrected chi connectivity index (χ3v) is 21.9. The zero-order valence-electron chi connectivity index (χ0n) is 65.9. The first-order valence-corrected chi connectivity index (χ1v) is 39.5. The first-order chi connectivity index (χ1) is 53.1. The van der Waals surface area contributed by atoms with E-state index in [4.69, 9.17) is 10.8 Å². The summed E-state index contributed by atoms with van der Waals surface area (Å²) in [4.78, 5) is 77.9. The molecule has 3 aliphatic rings. The summed E-state index contributed by atoms with van der Waals surface area (Å²) in [7, 11) is 3.71. The second-order valence-corrected chi connectivity index (χ2v) is 30.1. The monoisotopic (exact) mass is 1540 g/mol. The molecule has 3 saturated heterocycles. The molecule has 6 amide bonds. The van der Waals surface area contributed by atoms with Gasteiger partial charge in [-0.3, -0.25) is 24.0 Å². The molecular weight excluding hydrogens is 1420 g/mol. The van der Waals surface area contributed by atoms with Crippen molar-refractivity contribution in [3.8, 4) is 33.4 Å². The summed E-state index contributed by atoms with van der Waals surface area (Å²) in [5, 5.41) is 69.3. The van der Waals surface area contributed by atoms with Gasteiger partial charge in [0.25, 0.3) is 0 Å². The highest BCUT2D eigenvalue weighted by Crippen LogP contribution is 2.48. The van der Waals surface area contributed by atoms with Crippen LogP contribution in [0.3, 0.4) is 0 Å². The molecule has 0 aliphatic carbocycles. The molecular formula is C87H119F4N9O11. The molecule has 0 saturated carbocycles. The molecule has 3 aliphatic heterocycles. The van der Waals surface area contributed by atoms with Crippen LogP contribution in [-0.2, 0) is 47.2 Å². The van der Waals surface area contributed by atoms with E-state index < -0.39 is 46.4 Å². The van der Waals surface area contributed by atoms with Crippen molar-refractivity contribution in [1.29, 1.82) is 0 Å². The number of aliphatic hydroxyl groups excluding tert-OH is 1. The first-order valence-electron chi connectivity index (χ1n) is 39.5. The van der Waals surface area contributed by atoms with E-state index in [1.165, 1.54) is 44.2 Å². The van der Waals surface area contributed by atoms with Gasteiger partial charge in [0, 0.05) is 138 Å². The van der Waals surface area contributed by atoms with E-state index in [2.05, 4.69) is 26.6 Å². The Morgan fingerprint density at radius 1 is 0.495 bits per heavy atom. The number of aryl methyl sites for hydroxylation is 3. The van der Waals surface area contributed by atoms with E-state index in [-0.39, 0.29) is 96.6 Å². The van der Waals surface area contributed by atoms with E-state index in [0.717, 1.165) is 67.4 Å². The van der Waals surface area contributed by atoms with Crippen molar-refractivity contribution in [3.05, 3.63) is 178 Å². The standard InChI is InChI=1S/C29H39F2N3O3.C29H40FN3O5.C29H40FN3O3/c1-20-12-13-25(30)23(18-20)28-24(9-4-10-26(28)31)29(37,14-7-16-33-21(2)35)22-8-6-17-34(19-22)27(36)11-5-15-32-3;1-2-20-7-3-8-21(17-20)27-24(10-4-11-25(27)30)29(38,14-6-15-32-28(36)37)22-9-5-16-33(18-22)26(35)13-12-23(31)19-34;1-21-9-4-10-23(19-21)28-25(12-5-13-26(28)30)29(36,15-8-17-32-22(2)34)24-11-7-18-33(20-24)27(35)14-6-16-31-3/h4,9-10,12-13,18,22,32,37H,5-8,11,14-17,19H2,1-3H3,(H,33,35);3-4,7-8,10-11,17,22-23,32,34,38H,2,5-6,9,12-16,18-19,31H2,1H3,(H,36,37);4-5,9-10,12-13,19,24,31,36H,6-8,11,14-18,20H2,1-3H3,(H,32,34). The van der Waals surface area contributed by atoms with E-state index >= 15 is 17.6 Å². The quantitative estimate of drug-likeness (QED) is 0.0132. The number of nitrogens with two attached hydrogens (primary N) is 1. The number of likely N-dealkylation sites (tertiary alicyclic amines) is 3. The van der Waals surface area contributed by atoms with Gasteiger partial charge in [0.05, 0.1) is 23.4 Å². The van der Waals surface area contributed by atoms with E-state index in [9.17, 15) is 49.2 Å². The molecule has 12 N–H and O–H groups in total. The zero-order chi connectivity index (χ0) is 80.8. The second kappa shape index (κ2) is 44.0. The predicted molar refractivity (Wildman–Crippen MR) is 426 cm³/mol. The third kappa shape index (κ3) is 25.2. The van der Waals surface area contributed by atoms with Crippen molar-refractivity contribution in [1.82, 2.24) is 41.3 Å². The molecule has 0 spiro atoms. The molecule has 0 aromatic heterocycles. The second-order valence-electron chi connectivity index (χ2n) is 30.1. The summed E-state index contributed by atoms with van der Waals surface area (Å²) in [6.07, 6.45) is 8.81. The number of piperidine rings is 3. The molecule has 20 nitrogen and oxygen atoms in total. The Balaban J connectivity index is 0.000000231. The Hall–Kier alpha value is -8.62. The minimum absolute atomic E-state index is 0.0322. The highest BCUT2D eigenvalue weighted by Gasteiger charge is 2.47.